The second-order valence-electron chi connectivity index (χ2n) is 6.69. The fourth-order valence-corrected chi connectivity index (χ4v) is 4.88. The van der Waals surface area contributed by atoms with Crippen molar-refractivity contribution in [1.82, 2.24) is 4.31 Å². The third-order valence-electron chi connectivity index (χ3n) is 5.05. The summed E-state index contributed by atoms with van der Waals surface area (Å²) < 4.78 is 26.7. The minimum Gasteiger partial charge on any atom is -0.309 e. The molecule has 6 heteroatoms. The van der Waals surface area contributed by atoms with E-state index in [2.05, 4.69) is 0 Å². The van der Waals surface area contributed by atoms with Crippen LogP contribution in [0.3, 0.4) is 0 Å². The summed E-state index contributed by atoms with van der Waals surface area (Å²) >= 11 is 0. The minimum atomic E-state index is -3.54. The van der Waals surface area contributed by atoms with Crippen LogP contribution in [-0.2, 0) is 10.0 Å². The van der Waals surface area contributed by atoms with Crippen molar-refractivity contribution in [2.75, 3.05) is 24.5 Å². The van der Waals surface area contributed by atoms with E-state index < -0.39 is 10.0 Å². The van der Waals surface area contributed by atoms with Gasteiger partial charge in [0.2, 0.25) is 10.0 Å². The van der Waals surface area contributed by atoms with Gasteiger partial charge in [0.25, 0.3) is 5.91 Å². The number of rotatable bonds is 7. The molecule has 0 spiro atoms. The molecule has 0 unspecified atom stereocenters. The summed E-state index contributed by atoms with van der Waals surface area (Å²) in [7, 11) is -3.54. The SMILES string of the molecule is CCN(C(=O)c1ccc(S(=O)(=O)N(CC)CC)cc1)c1ccc2ccccc2c1. The van der Waals surface area contributed by atoms with Crippen molar-refractivity contribution in [3.05, 3.63) is 72.3 Å². The van der Waals surface area contributed by atoms with E-state index in [1.807, 2.05) is 63.2 Å². The predicted molar refractivity (Wildman–Crippen MR) is 118 cm³/mol. The highest BCUT2D eigenvalue weighted by molar-refractivity contribution is 7.89. The number of hydrogen-bond acceptors (Lipinski definition) is 3. The maximum Gasteiger partial charge on any atom is 0.258 e. The van der Waals surface area contributed by atoms with Gasteiger partial charge in [-0.05, 0) is 54.1 Å². The third kappa shape index (κ3) is 4.18. The first kappa shape index (κ1) is 21.0. The standard InChI is InChI=1S/C23H26N2O3S/c1-4-24(5-2)29(27,28)22-15-12-19(13-16-22)23(26)25(6-3)21-14-11-18-9-7-8-10-20(18)17-21/h7-17H,4-6H2,1-3H3. The summed E-state index contributed by atoms with van der Waals surface area (Å²) in [5, 5.41) is 2.18. The Morgan fingerprint density at radius 2 is 1.41 bits per heavy atom. The van der Waals surface area contributed by atoms with E-state index in [9.17, 15) is 13.2 Å². The molecule has 1 amide bonds. The molecule has 0 aliphatic carbocycles. The van der Waals surface area contributed by atoms with Gasteiger partial charge in [0, 0.05) is 30.9 Å². The van der Waals surface area contributed by atoms with Crippen LogP contribution in [0.5, 0.6) is 0 Å². The lowest BCUT2D eigenvalue weighted by molar-refractivity contribution is 0.0988. The molecule has 152 valence electrons. The molecule has 5 nitrogen and oxygen atoms in total. The number of benzene rings is 3. The predicted octanol–water partition coefficient (Wildman–Crippen LogP) is 4.54. The maximum absolute atomic E-state index is 13.1. The van der Waals surface area contributed by atoms with Crippen molar-refractivity contribution >= 4 is 32.4 Å². The van der Waals surface area contributed by atoms with Crippen LogP contribution < -0.4 is 4.90 Å². The number of hydrogen-bond donors (Lipinski definition) is 0. The van der Waals surface area contributed by atoms with E-state index in [0.29, 0.717) is 25.2 Å². The van der Waals surface area contributed by atoms with Crippen LogP contribution in [0.2, 0.25) is 0 Å². The van der Waals surface area contributed by atoms with E-state index in [1.54, 1.807) is 17.0 Å². The van der Waals surface area contributed by atoms with Gasteiger partial charge < -0.3 is 4.90 Å². The van der Waals surface area contributed by atoms with Crippen molar-refractivity contribution in [3.63, 3.8) is 0 Å². The van der Waals surface area contributed by atoms with Crippen LogP contribution in [0.15, 0.2) is 71.6 Å². The molecule has 0 bridgehead atoms. The number of sulfonamides is 1. The van der Waals surface area contributed by atoms with Crippen LogP contribution in [0.25, 0.3) is 10.8 Å². The number of carbonyl (C=O) groups is 1. The van der Waals surface area contributed by atoms with Gasteiger partial charge in [0.1, 0.15) is 0 Å². The minimum absolute atomic E-state index is 0.158. The van der Waals surface area contributed by atoms with Crippen molar-refractivity contribution in [2.45, 2.75) is 25.7 Å². The van der Waals surface area contributed by atoms with Gasteiger partial charge in [-0.3, -0.25) is 4.79 Å². The quantitative estimate of drug-likeness (QED) is 0.575. The van der Waals surface area contributed by atoms with Crippen LogP contribution in [0, 0.1) is 0 Å². The summed E-state index contributed by atoms with van der Waals surface area (Å²) in [6.07, 6.45) is 0. The number of fused-ring (bicyclic) bond motifs is 1. The van der Waals surface area contributed by atoms with Gasteiger partial charge in [-0.15, -0.1) is 0 Å². The Kier molecular flexibility index (Phi) is 6.35. The molecule has 0 saturated heterocycles. The lowest BCUT2D eigenvalue weighted by atomic mass is 10.1. The molecule has 0 atom stereocenters. The molecule has 0 aromatic heterocycles. The van der Waals surface area contributed by atoms with E-state index in [-0.39, 0.29) is 10.8 Å². The summed E-state index contributed by atoms with van der Waals surface area (Å²) in [6, 6.07) is 20.1. The molecule has 3 aromatic carbocycles. The zero-order valence-corrected chi connectivity index (χ0v) is 17.8. The number of carbonyl (C=O) groups excluding carboxylic acids is 1. The summed E-state index contributed by atoms with van der Waals surface area (Å²) in [6.45, 7) is 6.86. The molecule has 0 aliphatic heterocycles. The molecule has 29 heavy (non-hydrogen) atoms. The molecule has 0 radical (unpaired) electrons. The summed E-state index contributed by atoms with van der Waals surface area (Å²) in [4.78, 5) is 15.0. The van der Waals surface area contributed by atoms with Crippen molar-refractivity contribution in [1.29, 1.82) is 0 Å². The summed E-state index contributed by atoms with van der Waals surface area (Å²) in [5.41, 5.74) is 1.27. The fraction of sp³-hybridized carbons (Fsp3) is 0.261. The average molecular weight is 411 g/mol. The molecular formula is C23H26N2O3S. The van der Waals surface area contributed by atoms with Gasteiger partial charge in [0.15, 0.2) is 0 Å². The first-order chi connectivity index (χ1) is 13.9. The zero-order valence-electron chi connectivity index (χ0n) is 17.0. The molecular weight excluding hydrogens is 384 g/mol. The van der Waals surface area contributed by atoms with Crippen molar-refractivity contribution in [2.24, 2.45) is 0 Å². The molecule has 0 N–H and O–H groups in total. The maximum atomic E-state index is 13.1. The van der Waals surface area contributed by atoms with Crippen molar-refractivity contribution < 1.29 is 13.2 Å². The van der Waals surface area contributed by atoms with Gasteiger partial charge in [-0.25, -0.2) is 8.42 Å². The highest BCUT2D eigenvalue weighted by Gasteiger charge is 2.22. The molecule has 0 heterocycles. The van der Waals surface area contributed by atoms with E-state index in [4.69, 9.17) is 0 Å². The average Bonchev–Trinajstić information content (AvgIpc) is 2.75. The highest BCUT2D eigenvalue weighted by Crippen LogP contribution is 2.24. The van der Waals surface area contributed by atoms with Crippen LogP contribution in [0.1, 0.15) is 31.1 Å². The van der Waals surface area contributed by atoms with E-state index in [1.165, 1.54) is 16.4 Å². The Hall–Kier alpha value is -2.70. The second-order valence-corrected chi connectivity index (χ2v) is 8.63. The highest BCUT2D eigenvalue weighted by atomic mass is 32.2. The molecule has 3 aromatic rings. The largest absolute Gasteiger partial charge is 0.309 e. The lowest BCUT2D eigenvalue weighted by Gasteiger charge is -2.22. The van der Waals surface area contributed by atoms with Crippen LogP contribution >= 0.6 is 0 Å². The number of amides is 1. The van der Waals surface area contributed by atoms with Gasteiger partial charge in [-0.2, -0.15) is 4.31 Å². The van der Waals surface area contributed by atoms with Crippen LogP contribution in [-0.4, -0.2) is 38.3 Å². The Bertz CT molecular complexity index is 1100. The number of anilines is 1. The zero-order chi connectivity index (χ0) is 21.0. The van der Waals surface area contributed by atoms with E-state index in [0.717, 1.165) is 16.5 Å². The Balaban J connectivity index is 1.89. The third-order valence-corrected chi connectivity index (χ3v) is 7.11. The lowest BCUT2D eigenvalue weighted by Crippen LogP contribution is -2.31. The Morgan fingerprint density at radius 3 is 2.00 bits per heavy atom. The Morgan fingerprint density at radius 1 is 0.793 bits per heavy atom. The normalized spacial score (nSPS) is 11.7. The van der Waals surface area contributed by atoms with E-state index >= 15 is 0 Å². The molecule has 3 rings (SSSR count). The summed E-state index contributed by atoms with van der Waals surface area (Å²) in [5.74, 6) is -0.158. The Labute approximate surface area is 172 Å². The fourth-order valence-electron chi connectivity index (χ4n) is 3.43. The van der Waals surface area contributed by atoms with Gasteiger partial charge >= 0.3 is 0 Å². The van der Waals surface area contributed by atoms with Gasteiger partial charge in [-0.1, -0.05) is 44.2 Å². The van der Waals surface area contributed by atoms with Gasteiger partial charge in [0.05, 0.1) is 4.90 Å². The first-order valence-electron chi connectivity index (χ1n) is 9.83. The first-order valence-corrected chi connectivity index (χ1v) is 11.3. The van der Waals surface area contributed by atoms with Crippen LogP contribution in [0.4, 0.5) is 5.69 Å². The van der Waals surface area contributed by atoms with Crippen molar-refractivity contribution in [3.8, 4) is 0 Å². The second kappa shape index (κ2) is 8.76. The topological polar surface area (TPSA) is 57.7 Å². The smallest absolute Gasteiger partial charge is 0.258 e. The monoisotopic (exact) mass is 410 g/mol. The molecule has 0 aliphatic rings. The molecule has 0 fully saturated rings. The number of nitrogens with zero attached hydrogens (tertiary/aromatic N) is 2. The molecule has 0 saturated carbocycles.